The Labute approximate surface area is 161 Å². The average molecular weight is 378 g/mol. The lowest BCUT2D eigenvalue weighted by Crippen LogP contribution is -2.38. The van der Waals surface area contributed by atoms with E-state index in [9.17, 15) is 14.7 Å². The molecule has 1 unspecified atom stereocenters. The molecule has 1 fully saturated rings. The molecule has 26 heavy (non-hydrogen) atoms. The number of hydrogen-bond acceptors (Lipinski definition) is 3. The van der Waals surface area contributed by atoms with Crippen molar-refractivity contribution in [1.82, 2.24) is 0 Å². The molecule has 0 heterocycles. The molecule has 1 saturated carbocycles. The van der Waals surface area contributed by atoms with E-state index in [4.69, 9.17) is 0 Å². The summed E-state index contributed by atoms with van der Waals surface area (Å²) in [4.78, 5) is 25.2. The Hall–Kier alpha value is -1.49. The van der Waals surface area contributed by atoms with Crippen molar-refractivity contribution in [3.05, 3.63) is 24.3 Å². The number of carboxylic acids is 1. The van der Waals surface area contributed by atoms with Crippen molar-refractivity contribution < 1.29 is 14.7 Å². The van der Waals surface area contributed by atoms with Gasteiger partial charge in [0.25, 0.3) is 0 Å². The largest absolute Gasteiger partial charge is 0.480 e. The maximum Gasteiger partial charge on any atom is 0.316 e. The zero-order valence-corrected chi connectivity index (χ0v) is 16.9. The molecule has 0 spiro atoms. The molecule has 144 valence electrons. The minimum absolute atomic E-state index is 0.105. The van der Waals surface area contributed by atoms with Crippen molar-refractivity contribution in [2.45, 2.75) is 75.9 Å². The Balaban J connectivity index is 2.17. The number of carboxylic acid groups (broad SMARTS) is 1. The first-order valence-electron chi connectivity index (χ1n) is 9.64. The molecule has 1 atom stereocenters. The zero-order chi connectivity index (χ0) is 19.2. The molecule has 2 rings (SSSR count). The van der Waals surface area contributed by atoms with Crippen LogP contribution in [0.5, 0.6) is 0 Å². The third kappa shape index (κ3) is 5.50. The number of aliphatic carboxylic acids is 1. The summed E-state index contributed by atoms with van der Waals surface area (Å²) in [5.74, 6) is -0.161. The lowest BCUT2D eigenvalue weighted by atomic mass is 9.69. The Morgan fingerprint density at radius 1 is 1.15 bits per heavy atom. The van der Waals surface area contributed by atoms with Gasteiger partial charge in [-0.05, 0) is 50.7 Å². The maximum absolute atomic E-state index is 13.2. The van der Waals surface area contributed by atoms with Gasteiger partial charge in [-0.15, -0.1) is 11.8 Å². The van der Waals surface area contributed by atoms with Gasteiger partial charge in [-0.1, -0.05) is 45.2 Å². The summed E-state index contributed by atoms with van der Waals surface area (Å²) in [6.07, 6.45) is 7.31. The molecule has 1 aromatic rings. The van der Waals surface area contributed by atoms with E-state index in [2.05, 4.69) is 19.2 Å². The van der Waals surface area contributed by atoms with Crippen LogP contribution in [0.4, 0.5) is 5.69 Å². The summed E-state index contributed by atoms with van der Waals surface area (Å²) < 4.78 is 0. The normalized spacial score (nSPS) is 17.7. The number of thioether (sulfide) groups is 1. The summed E-state index contributed by atoms with van der Waals surface area (Å²) in [6.45, 7) is 6.07. The van der Waals surface area contributed by atoms with E-state index in [0.717, 1.165) is 49.1 Å². The number of rotatable bonds is 8. The standard InChI is InChI=1S/C21H31NO3S/c1-15(2)11-14-21(12-7-4-8-13-21)20(25)22-17-9-5-6-10-18(17)26-16(3)19(23)24/h5-6,9-10,15-16H,4,7-8,11-14H2,1-3H3,(H,22,25)(H,23,24). The van der Waals surface area contributed by atoms with Crippen LogP contribution in [0.15, 0.2) is 29.2 Å². The highest BCUT2D eigenvalue weighted by atomic mass is 32.2. The van der Waals surface area contributed by atoms with E-state index in [1.54, 1.807) is 6.92 Å². The lowest BCUT2D eigenvalue weighted by Gasteiger charge is -2.36. The number of hydrogen-bond donors (Lipinski definition) is 2. The van der Waals surface area contributed by atoms with Gasteiger partial charge in [0.2, 0.25) is 5.91 Å². The summed E-state index contributed by atoms with van der Waals surface area (Å²) in [5.41, 5.74) is 0.448. The van der Waals surface area contributed by atoms with Crippen LogP contribution in [-0.4, -0.2) is 22.2 Å². The fourth-order valence-electron chi connectivity index (χ4n) is 3.55. The second-order valence-corrected chi connectivity index (χ2v) is 9.20. The molecule has 0 aromatic heterocycles. The highest BCUT2D eigenvalue weighted by Crippen LogP contribution is 2.42. The second-order valence-electron chi connectivity index (χ2n) is 7.82. The third-order valence-corrected chi connectivity index (χ3v) is 6.44. The smallest absolute Gasteiger partial charge is 0.316 e. The molecule has 4 nitrogen and oxygen atoms in total. The van der Waals surface area contributed by atoms with Crippen molar-refractivity contribution >= 4 is 29.3 Å². The van der Waals surface area contributed by atoms with E-state index in [0.29, 0.717) is 5.92 Å². The first-order valence-corrected chi connectivity index (χ1v) is 10.5. The first-order chi connectivity index (χ1) is 12.3. The number of benzene rings is 1. The fraction of sp³-hybridized carbons (Fsp3) is 0.619. The van der Waals surface area contributed by atoms with Crippen LogP contribution in [0, 0.1) is 11.3 Å². The first kappa shape index (κ1) is 20.8. The van der Waals surface area contributed by atoms with Crippen LogP contribution in [0.25, 0.3) is 0 Å². The maximum atomic E-state index is 13.2. The highest BCUT2D eigenvalue weighted by Gasteiger charge is 2.39. The molecule has 0 aliphatic heterocycles. The van der Waals surface area contributed by atoms with Crippen LogP contribution in [0.2, 0.25) is 0 Å². The van der Waals surface area contributed by atoms with E-state index in [1.165, 1.54) is 18.2 Å². The molecule has 0 bridgehead atoms. The fourth-order valence-corrected chi connectivity index (χ4v) is 4.44. The van der Waals surface area contributed by atoms with Crippen molar-refractivity contribution in [2.75, 3.05) is 5.32 Å². The molecule has 2 N–H and O–H groups in total. The molecule has 5 heteroatoms. The van der Waals surface area contributed by atoms with Crippen LogP contribution in [0.1, 0.15) is 65.7 Å². The Morgan fingerprint density at radius 3 is 2.42 bits per heavy atom. The van der Waals surface area contributed by atoms with Crippen LogP contribution in [-0.2, 0) is 9.59 Å². The topological polar surface area (TPSA) is 66.4 Å². The van der Waals surface area contributed by atoms with Gasteiger partial charge in [-0.25, -0.2) is 0 Å². The third-order valence-electron chi connectivity index (χ3n) is 5.28. The summed E-state index contributed by atoms with van der Waals surface area (Å²) in [7, 11) is 0. The SMILES string of the molecule is CC(C)CCC1(C(=O)Nc2ccccc2SC(C)C(=O)O)CCCCC1. The molecular formula is C21H31NO3S. The van der Waals surface area contributed by atoms with Gasteiger partial charge < -0.3 is 10.4 Å². The van der Waals surface area contributed by atoms with Gasteiger partial charge in [0, 0.05) is 10.3 Å². The molecular weight excluding hydrogens is 346 g/mol. The Morgan fingerprint density at radius 2 is 1.81 bits per heavy atom. The molecule has 1 aliphatic carbocycles. The predicted molar refractivity (Wildman–Crippen MR) is 108 cm³/mol. The summed E-state index contributed by atoms with van der Waals surface area (Å²) >= 11 is 1.27. The van der Waals surface area contributed by atoms with Gasteiger partial charge >= 0.3 is 5.97 Å². The minimum Gasteiger partial charge on any atom is -0.480 e. The van der Waals surface area contributed by atoms with Crippen molar-refractivity contribution in [3.63, 3.8) is 0 Å². The number of nitrogens with one attached hydrogen (secondary N) is 1. The average Bonchev–Trinajstić information content (AvgIpc) is 2.62. The van der Waals surface area contributed by atoms with Gasteiger partial charge in [0.15, 0.2) is 0 Å². The van der Waals surface area contributed by atoms with E-state index < -0.39 is 11.2 Å². The minimum atomic E-state index is -0.850. The van der Waals surface area contributed by atoms with Crippen molar-refractivity contribution in [2.24, 2.45) is 11.3 Å². The molecule has 1 amide bonds. The van der Waals surface area contributed by atoms with E-state index in [1.807, 2.05) is 24.3 Å². The highest BCUT2D eigenvalue weighted by molar-refractivity contribution is 8.00. The molecule has 0 saturated heterocycles. The quantitative estimate of drug-likeness (QED) is 0.581. The number of amides is 1. The Bertz CT molecular complexity index is 623. The monoisotopic (exact) mass is 377 g/mol. The van der Waals surface area contributed by atoms with Crippen LogP contribution in [0.3, 0.4) is 0 Å². The molecule has 0 radical (unpaired) electrons. The van der Waals surface area contributed by atoms with E-state index in [-0.39, 0.29) is 11.3 Å². The van der Waals surface area contributed by atoms with Crippen LogP contribution >= 0.6 is 11.8 Å². The number of carbonyl (C=O) groups excluding carboxylic acids is 1. The number of carbonyl (C=O) groups is 2. The van der Waals surface area contributed by atoms with Gasteiger partial charge in [0.05, 0.1) is 5.69 Å². The lowest BCUT2D eigenvalue weighted by molar-refractivity contribution is -0.136. The molecule has 1 aromatic carbocycles. The molecule has 1 aliphatic rings. The van der Waals surface area contributed by atoms with Crippen molar-refractivity contribution in [1.29, 1.82) is 0 Å². The summed E-state index contributed by atoms with van der Waals surface area (Å²) in [5, 5.41) is 11.8. The van der Waals surface area contributed by atoms with E-state index >= 15 is 0 Å². The second kappa shape index (κ2) is 9.45. The predicted octanol–water partition coefficient (Wildman–Crippen LogP) is 5.58. The zero-order valence-electron chi connectivity index (χ0n) is 16.1. The van der Waals surface area contributed by atoms with Crippen LogP contribution < -0.4 is 5.32 Å². The summed E-state index contributed by atoms with van der Waals surface area (Å²) in [6, 6.07) is 7.50. The van der Waals surface area contributed by atoms with Crippen molar-refractivity contribution in [3.8, 4) is 0 Å². The number of anilines is 1. The van der Waals surface area contributed by atoms with Gasteiger partial charge in [-0.2, -0.15) is 0 Å². The van der Waals surface area contributed by atoms with Gasteiger partial charge in [0.1, 0.15) is 5.25 Å². The van der Waals surface area contributed by atoms with Gasteiger partial charge in [-0.3, -0.25) is 9.59 Å². The Kier molecular flexibility index (Phi) is 7.56. The number of para-hydroxylation sites is 1.